The molecule has 0 aromatic carbocycles. The SMILES string of the molecule is CC(C)Cc1cnc(CC(C)C)c(SCCCCO)n1. The van der Waals surface area contributed by atoms with E-state index in [1.807, 2.05) is 6.20 Å². The summed E-state index contributed by atoms with van der Waals surface area (Å²) in [6, 6.07) is 0. The maximum atomic E-state index is 8.84. The maximum absolute atomic E-state index is 8.84. The molecule has 0 saturated carbocycles. The summed E-state index contributed by atoms with van der Waals surface area (Å²) in [5.41, 5.74) is 2.22. The summed E-state index contributed by atoms with van der Waals surface area (Å²) < 4.78 is 0. The van der Waals surface area contributed by atoms with Crippen LogP contribution in [-0.4, -0.2) is 27.4 Å². The zero-order valence-corrected chi connectivity index (χ0v) is 14.0. The highest BCUT2D eigenvalue weighted by Gasteiger charge is 2.11. The molecule has 20 heavy (non-hydrogen) atoms. The lowest BCUT2D eigenvalue weighted by molar-refractivity contribution is 0.287. The number of unbranched alkanes of at least 4 members (excludes halogenated alkanes) is 1. The molecule has 0 aliphatic rings. The van der Waals surface area contributed by atoms with Crippen molar-refractivity contribution in [3.63, 3.8) is 0 Å². The van der Waals surface area contributed by atoms with Crippen LogP contribution in [0.2, 0.25) is 0 Å². The Hall–Kier alpha value is -0.610. The summed E-state index contributed by atoms with van der Waals surface area (Å²) in [6.07, 6.45) is 5.80. The largest absolute Gasteiger partial charge is 0.396 e. The van der Waals surface area contributed by atoms with E-state index < -0.39 is 0 Å². The summed E-state index contributed by atoms with van der Waals surface area (Å²) in [5.74, 6) is 2.20. The zero-order chi connectivity index (χ0) is 15.0. The van der Waals surface area contributed by atoms with E-state index in [0.717, 1.165) is 47.8 Å². The van der Waals surface area contributed by atoms with Gasteiger partial charge >= 0.3 is 0 Å². The van der Waals surface area contributed by atoms with Crippen LogP contribution in [0.3, 0.4) is 0 Å². The van der Waals surface area contributed by atoms with E-state index in [1.165, 1.54) is 0 Å². The van der Waals surface area contributed by atoms with E-state index in [-0.39, 0.29) is 6.61 Å². The molecule has 0 spiro atoms. The van der Waals surface area contributed by atoms with Gasteiger partial charge in [-0.3, -0.25) is 4.98 Å². The molecule has 1 aromatic heterocycles. The number of hydrogen-bond acceptors (Lipinski definition) is 4. The zero-order valence-electron chi connectivity index (χ0n) is 13.2. The molecule has 4 heteroatoms. The standard InChI is InChI=1S/C16H28N2OS/c1-12(2)9-14-11-17-15(10-13(3)4)16(18-14)20-8-6-5-7-19/h11-13,19H,5-10H2,1-4H3. The van der Waals surface area contributed by atoms with E-state index in [2.05, 4.69) is 32.7 Å². The van der Waals surface area contributed by atoms with Gasteiger partial charge in [-0.05, 0) is 43.3 Å². The molecule has 3 nitrogen and oxygen atoms in total. The molecular weight excluding hydrogens is 268 g/mol. The smallest absolute Gasteiger partial charge is 0.118 e. The first-order valence-electron chi connectivity index (χ1n) is 7.61. The molecule has 114 valence electrons. The Morgan fingerprint density at radius 2 is 1.80 bits per heavy atom. The number of aromatic nitrogens is 2. The van der Waals surface area contributed by atoms with Crippen LogP contribution in [0.25, 0.3) is 0 Å². The van der Waals surface area contributed by atoms with Gasteiger partial charge in [0, 0.05) is 12.8 Å². The molecule has 0 fully saturated rings. The monoisotopic (exact) mass is 296 g/mol. The Balaban J connectivity index is 2.76. The number of rotatable bonds is 9. The van der Waals surface area contributed by atoms with Gasteiger partial charge in [-0.2, -0.15) is 0 Å². The molecule has 0 aliphatic carbocycles. The second-order valence-electron chi connectivity index (χ2n) is 6.09. The fourth-order valence-electron chi connectivity index (χ4n) is 1.97. The highest BCUT2D eigenvalue weighted by atomic mass is 32.2. The lowest BCUT2D eigenvalue weighted by Gasteiger charge is -2.12. The number of aliphatic hydroxyl groups excluding tert-OH is 1. The minimum Gasteiger partial charge on any atom is -0.396 e. The van der Waals surface area contributed by atoms with Crippen LogP contribution in [0.5, 0.6) is 0 Å². The minimum atomic E-state index is 0.276. The molecule has 0 bridgehead atoms. The molecule has 1 rings (SSSR count). The van der Waals surface area contributed by atoms with Crippen molar-refractivity contribution >= 4 is 11.8 Å². The van der Waals surface area contributed by atoms with Gasteiger partial charge < -0.3 is 5.11 Å². The summed E-state index contributed by atoms with van der Waals surface area (Å²) >= 11 is 1.79. The Bertz CT molecular complexity index is 394. The molecular formula is C16H28N2OS. The quantitative estimate of drug-likeness (QED) is 0.557. The molecule has 0 saturated heterocycles. The Morgan fingerprint density at radius 3 is 2.40 bits per heavy atom. The molecule has 0 aliphatic heterocycles. The first-order valence-corrected chi connectivity index (χ1v) is 8.60. The van der Waals surface area contributed by atoms with E-state index in [9.17, 15) is 0 Å². The Kier molecular flexibility index (Phi) is 8.15. The molecule has 0 amide bonds. The third-order valence-corrected chi connectivity index (χ3v) is 3.96. The molecule has 0 radical (unpaired) electrons. The fourth-order valence-corrected chi connectivity index (χ4v) is 3.00. The van der Waals surface area contributed by atoms with Crippen LogP contribution < -0.4 is 0 Å². The van der Waals surface area contributed by atoms with Crippen molar-refractivity contribution in [2.75, 3.05) is 12.4 Å². The third-order valence-electron chi connectivity index (χ3n) is 2.87. The normalized spacial score (nSPS) is 11.6. The maximum Gasteiger partial charge on any atom is 0.118 e. The van der Waals surface area contributed by atoms with Crippen LogP contribution in [0.4, 0.5) is 0 Å². The average Bonchev–Trinajstić information content (AvgIpc) is 2.36. The van der Waals surface area contributed by atoms with Crippen LogP contribution in [-0.2, 0) is 12.8 Å². The van der Waals surface area contributed by atoms with Crippen molar-refractivity contribution in [3.8, 4) is 0 Å². The average molecular weight is 296 g/mol. The lowest BCUT2D eigenvalue weighted by atomic mass is 10.1. The van der Waals surface area contributed by atoms with Gasteiger partial charge in [-0.25, -0.2) is 4.98 Å². The van der Waals surface area contributed by atoms with Gasteiger partial charge in [0.2, 0.25) is 0 Å². The summed E-state index contributed by atoms with van der Waals surface area (Å²) in [7, 11) is 0. The molecule has 1 N–H and O–H groups in total. The lowest BCUT2D eigenvalue weighted by Crippen LogP contribution is -2.06. The van der Waals surface area contributed by atoms with Gasteiger partial charge in [0.25, 0.3) is 0 Å². The number of aliphatic hydroxyl groups is 1. The molecule has 0 atom stereocenters. The van der Waals surface area contributed by atoms with Crippen LogP contribution in [0, 0.1) is 11.8 Å². The second kappa shape index (κ2) is 9.35. The summed E-state index contributed by atoms with van der Waals surface area (Å²) in [5, 5.41) is 9.94. The van der Waals surface area contributed by atoms with Crippen molar-refractivity contribution in [1.82, 2.24) is 9.97 Å². The number of nitrogens with zero attached hydrogens (tertiary/aromatic N) is 2. The van der Waals surface area contributed by atoms with Gasteiger partial charge in [0.15, 0.2) is 0 Å². The highest BCUT2D eigenvalue weighted by molar-refractivity contribution is 7.99. The predicted octanol–water partition coefficient (Wildman–Crippen LogP) is 3.74. The highest BCUT2D eigenvalue weighted by Crippen LogP contribution is 2.23. The molecule has 0 unspecified atom stereocenters. The van der Waals surface area contributed by atoms with Crippen LogP contribution >= 0.6 is 11.8 Å². The van der Waals surface area contributed by atoms with Gasteiger partial charge in [0.05, 0.1) is 11.4 Å². The van der Waals surface area contributed by atoms with Crippen molar-refractivity contribution in [2.24, 2.45) is 11.8 Å². The van der Waals surface area contributed by atoms with Crippen molar-refractivity contribution in [3.05, 3.63) is 17.6 Å². The summed E-state index contributed by atoms with van der Waals surface area (Å²) in [4.78, 5) is 9.44. The van der Waals surface area contributed by atoms with Crippen LogP contribution in [0.15, 0.2) is 11.2 Å². The van der Waals surface area contributed by atoms with Gasteiger partial charge in [-0.15, -0.1) is 11.8 Å². The fraction of sp³-hybridized carbons (Fsp3) is 0.750. The first-order chi connectivity index (χ1) is 9.52. The Morgan fingerprint density at radius 1 is 1.10 bits per heavy atom. The molecule has 1 heterocycles. The summed E-state index contributed by atoms with van der Waals surface area (Å²) in [6.45, 7) is 9.11. The van der Waals surface area contributed by atoms with E-state index in [4.69, 9.17) is 10.1 Å². The minimum absolute atomic E-state index is 0.276. The van der Waals surface area contributed by atoms with Crippen molar-refractivity contribution in [1.29, 1.82) is 0 Å². The number of thioether (sulfide) groups is 1. The number of hydrogen-bond donors (Lipinski definition) is 1. The van der Waals surface area contributed by atoms with Crippen LogP contribution in [0.1, 0.15) is 51.9 Å². The van der Waals surface area contributed by atoms with E-state index >= 15 is 0 Å². The predicted molar refractivity (Wildman–Crippen MR) is 86.2 cm³/mol. The van der Waals surface area contributed by atoms with Gasteiger partial charge in [-0.1, -0.05) is 27.7 Å². The topological polar surface area (TPSA) is 46.0 Å². The second-order valence-corrected chi connectivity index (χ2v) is 7.17. The third kappa shape index (κ3) is 6.71. The van der Waals surface area contributed by atoms with E-state index in [0.29, 0.717) is 11.8 Å². The van der Waals surface area contributed by atoms with E-state index in [1.54, 1.807) is 11.8 Å². The Labute approximate surface area is 127 Å². The van der Waals surface area contributed by atoms with Crippen molar-refractivity contribution < 1.29 is 5.11 Å². The molecule has 1 aromatic rings. The van der Waals surface area contributed by atoms with Crippen molar-refractivity contribution in [2.45, 2.75) is 58.4 Å². The first kappa shape index (κ1) is 17.4. The van der Waals surface area contributed by atoms with Gasteiger partial charge in [0.1, 0.15) is 5.03 Å².